The standard InChI is InChI=1S/C14H26N2O4S/c1-19-13-10-15(11-14(13)6-3-9-20-14)12-4-7-16(8-5-12)21(2,17)18/h12-13H,3-11H2,1-2H3/t13-,14-/m0/s1. The van der Waals surface area contributed by atoms with Crippen LogP contribution in [0.5, 0.6) is 0 Å². The molecule has 3 fully saturated rings. The number of hydrogen-bond acceptors (Lipinski definition) is 5. The number of piperidine rings is 1. The number of ether oxygens (including phenoxy) is 2. The fraction of sp³-hybridized carbons (Fsp3) is 1.00. The first kappa shape index (κ1) is 15.7. The topological polar surface area (TPSA) is 59.1 Å². The van der Waals surface area contributed by atoms with Crippen LogP contribution >= 0.6 is 0 Å². The van der Waals surface area contributed by atoms with Gasteiger partial charge in [-0.05, 0) is 25.7 Å². The summed E-state index contributed by atoms with van der Waals surface area (Å²) in [5.41, 5.74) is -0.122. The predicted octanol–water partition coefficient (Wildman–Crippen LogP) is 0.290. The second kappa shape index (κ2) is 5.77. The molecule has 122 valence electrons. The normalized spacial score (nSPS) is 36.8. The minimum absolute atomic E-state index is 0.122. The fourth-order valence-electron chi connectivity index (χ4n) is 4.09. The third-order valence-electron chi connectivity index (χ3n) is 5.29. The number of nitrogens with zero attached hydrogens (tertiary/aromatic N) is 2. The maximum atomic E-state index is 11.6. The Bertz CT molecular complexity index is 467. The number of likely N-dealkylation sites (tertiary alicyclic amines) is 1. The van der Waals surface area contributed by atoms with Gasteiger partial charge in [0.25, 0.3) is 0 Å². The van der Waals surface area contributed by atoms with Gasteiger partial charge in [-0.15, -0.1) is 0 Å². The highest BCUT2D eigenvalue weighted by molar-refractivity contribution is 7.88. The molecule has 1 spiro atoms. The van der Waals surface area contributed by atoms with E-state index in [9.17, 15) is 8.42 Å². The summed E-state index contributed by atoms with van der Waals surface area (Å²) in [7, 11) is -1.28. The third kappa shape index (κ3) is 2.99. The summed E-state index contributed by atoms with van der Waals surface area (Å²) in [6.45, 7) is 3.92. The van der Waals surface area contributed by atoms with E-state index in [1.807, 2.05) is 0 Å². The molecule has 0 unspecified atom stereocenters. The highest BCUT2D eigenvalue weighted by atomic mass is 32.2. The monoisotopic (exact) mass is 318 g/mol. The van der Waals surface area contributed by atoms with Crippen LogP contribution in [0.25, 0.3) is 0 Å². The van der Waals surface area contributed by atoms with Gasteiger partial charge in [0.15, 0.2) is 0 Å². The summed E-state index contributed by atoms with van der Waals surface area (Å²) in [6, 6.07) is 0.448. The number of hydrogen-bond donors (Lipinski definition) is 0. The molecule has 0 radical (unpaired) electrons. The average molecular weight is 318 g/mol. The summed E-state index contributed by atoms with van der Waals surface area (Å²) in [4.78, 5) is 2.46. The van der Waals surface area contributed by atoms with Gasteiger partial charge in [-0.3, -0.25) is 4.90 Å². The second-order valence-electron chi connectivity index (χ2n) is 6.56. The summed E-state index contributed by atoms with van der Waals surface area (Å²) < 4.78 is 36.5. The summed E-state index contributed by atoms with van der Waals surface area (Å²) >= 11 is 0. The van der Waals surface area contributed by atoms with E-state index in [-0.39, 0.29) is 11.7 Å². The van der Waals surface area contributed by atoms with Crippen LogP contribution in [0.2, 0.25) is 0 Å². The minimum Gasteiger partial charge on any atom is -0.377 e. The van der Waals surface area contributed by atoms with Gasteiger partial charge >= 0.3 is 0 Å². The van der Waals surface area contributed by atoms with E-state index in [0.29, 0.717) is 19.1 Å². The van der Waals surface area contributed by atoms with E-state index < -0.39 is 10.0 Å². The second-order valence-corrected chi connectivity index (χ2v) is 8.55. The lowest BCUT2D eigenvalue weighted by molar-refractivity contribution is -0.0759. The van der Waals surface area contributed by atoms with Gasteiger partial charge in [0.05, 0.1) is 12.4 Å². The predicted molar refractivity (Wildman–Crippen MR) is 79.7 cm³/mol. The first-order valence-electron chi connectivity index (χ1n) is 7.80. The Morgan fingerprint density at radius 2 is 2.00 bits per heavy atom. The van der Waals surface area contributed by atoms with E-state index in [1.54, 1.807) is 11.4 Å². The van der Waals surface area contributed by atoms with Crippen LogP contribution in [0.3, 0.4) is 0 Å². The van der Waals surface area contributed by atoms with Crippen molar-refractivity contribution in [1.29, 1.82) is 0 Å². The van der Waals surface area contributed by atoms with E-state index in [2.05, 4.69) is 4.90 Å². The molecule has 0 N–H and O–H groups in total. The first-order valence-corrected chi connectivity index (χ1v) is 9.65. The number of sulfonamides is 1. The first-order chi connectivity index (χ1) is 9.94. The van der Waals surface area contributed by atoms with Crippen molar-refractivity contribution in [3.63, 3.8) is 0 Å². The molecular formula is C14H26N2O4S. The summed E-state index contributed by atoms with van der Waals surface area (Å²) in [5.74, 6) is 0. The van der Waals surface area contributed by atoms with Gasteiger partial charge in [0, 0.05) is 45.9 Å². The summed E-state index contributed by atoms with van der Waals surface area (Å²) in [6.07, 6.45) is 5.43. The SMILES string of the molecule is CO[C@H]1CN(C2CCN(S(C)(=O)=O)CC2)C[C@@]12CCCO2. The van der Waals surface area contributed by atoms with Crippen LogP contribution in [-0.2, 0) is 19.5 Å². The van der Waals surface area contributed by atoms with E-state index in [0.717, 1.165) is 45.4 Å². The average Bonchev–Trinajstić information content (AvgIpc) is 3.06. The van der Waals surface area contributed by atoms with Crippen LogP contribution in [-0.4, -0.2) is 81.5 Å². The Balaban J connectivity index is 1.62. The Hall–Kier alpha value is -0.210. The minimum atomic E-state index is -3.04. The van der Waals surface area contributed by atoms with Crippen LogP contribution in [0.15, 0.2) is 0 Å². The maximum absolute atomic E-state index is 11.6. The van der Waals surface area contributed by atoms with Crippen molar-refractivity contribution in [2.75, 3.05) is 46.2 Å². The number of rotatable bonds is 3. The highest BCUT2D eigenvalue weighted by Crippen LogP contribution is 2.38. The zero-order chi connectivity index (χ0) is 15.1. The Labute approximate surface area is 127 Å². The molecule has 6 nitrogen and oxygen atoms in total. The largest absolute Gasteiger partial charge is 0.377 e. The zero-order valence-corrected chi connectivity index (χ0v) is 13.8. The Kier molecular flexibility index (Phi) is 4.31. The number of methoxy groups -OCH3 is 1. The quantitative estimate of drug-likeness (QED) is 0.749. The van der Waals surface area contributed by atoms with Crippen molar-refractivity contribution in [3.8, 4) is 0 Å². The molecule has 3 aliphatic heterocycles. The van der Waals surface area contributed by atoms with E-state index >= 15 is 0 Å². The van der Waals surface area contributed by atoms with Crippen molar-refractivity contribution in [3.05, 3.63) is 0 Å². The molecule has 0 aliphatic carbocycles. The molecule has 3 aliphatic rings. The van der Waals surface area contributed by atoms with Crippen LogP contribution in [0.1, 0.15) is 25.7 Å². The van der Waals surface area contributed by atoms with Crippen LogP contribution < -0.4 is 0 Å². The molecule has 3 rings (SSSR count). The molecule has 0 amide bonds. The van der Waals surface area contributed by atoms with Crippen LogP contribution in [0.4, 0.5) is 0 Å². The third-order valence-corrected chi connectivity index (χ3v) is 6.59. The molecule has 2 atom stereocenters. The molecule has 0 aromatic rings. The molecule has 3 heterocycles. The van der Waals surface area contributed by atoms with E-state index in [1.165, 1.54) is 6.26 Å². The molecule has 0 bridgehead atoms. The molecule has 3 saturated heterocycles. The Morgan fingerprint density at radius 3 is 2.52 bits per heavy atom. The van der Waals surface area contributed by atoms with E-state index in [4.69, 9.17) is 9.47 Å². The lowest BCUT2D eigenvalue weighted by atomic mass is 9.96. The van der Waals surface area contributed by atoms with Gasteiger partial charge in [-0.2, -0.15) is 0 Å². The van der Waals surface area contributed by atoms with Crippen molar-refractivity contribution in [2.45, 2.75) is 43.4 Å². The molecule has 0 saturated carbocycles. The molecule has 7 heteroatoms. The molecule has 0 aromatic heterocycles. The van der Waals surface area contributed by atoms with Crippen molar-refractivity contribution >= 4 is 10.0 Å². The zero-order valence-electron chi connectivity index (χ0n) is 13.0. The molecule has 21 heavy (non-hydrogen) atoms. The van der Waals surface area contributed by atoms with Gasteiger partial charge in [-0.1, -0.05) is 0 Å². The summed E-state index contributed by atoms with van der Waals surface area (Å²) in [5, 5.41) is 0. The van der Waals surface area contributed by atoms with Gasteiger partial charge in [0.2, 0.25) is 10.0 Å². The van der Waals surface area contributed by atoms with Gasteiger partial charge < -0.3 is 9.47 Å². The Morgan fingerprint density at radius 1 is 1.29 bits per heavy atom. The van der Waals surface area contributed by atoms with Gasteiger partial charge in [0.1, 0.15) is 5.60 Å². The highest BCUT2D eigenvalue weighted by Gasteiger charge is 2.51. The molecule has 0 aromatic carbocycles. The van der Waals surface area contributed by atoms with Crippen LogP contribution in [0, 0.1) is 0 Å². The smallest absolute Gasteiger partial charge is 0.211 e. The fourth-order valence-corrected chi connectivity index (χ4v) is 4.97. The van der Waals surface area contributed by atoms with Gasteiger partial charge in [-0.25, -0.2) is 12.7 Å². The van der Waals surface area contributed by atoms with Crippen molar-refractivity contribution < 1.29 is 17.9 Å². The lowest BCUT2D eigenvalue weighted by Gasteiger charge is -2.36. The maximum Gasteiger partial charge on any atom is 0.211 e. The lowest BCUT2D eigenvalue weighted by Crippen LogP contribution is -2.47. The van der Waals surface area contributed by atoms with Crippen molar-refractivity contribution in [2.24, 2.45) is 0 Å². The molecular weight excluding hydrogens is 292 g/mol. The van der Waals surface area contributed by atoms with Crippen molar-refractivity contribution in [1.82, 2.24) is 9.21 Å².